The van der Waals surface area contributed by atoms with Gasteiger partial charge in [-0.2, -0.15) is 5.10 Å². The molecule has 6 heteroatoms. The largest absolute Gasteiger partial charge is 0.307 e. The minimum Gasteiger partial charge on any atom is -0.302 e. The van der Waals surface area contributed by atoms with Crippen molar-refractivity contribution in [3.05, 3.63) is 75.8 Å². The van der Waals surface area contributed by atoms with E-state index in [0.29, 0.717) is 16.8 Å². The lowest BCUT2D eigenvalue weighted by atomic mass is 10.0. The molecule has 6 nitrogen and oxygen atoms in total. The van der Waals surface area contributed by atoms with Crippen LogP contribution in [0.25, 0.3) is 10.9 Å². The van der Waals surface area contributed by atoms with Crippen molar-refractivity contribution in [1.29, 1.82) is 0 Å². The Bertz CT molecular complexity index is 988. The van der Waals surface area contributed by atoms with Crippen LogP contribution in [0.15, 0.2) is 58.4 Å². The van der Waals surface area contributed by atoms with Crippen molar-refractivity contribution in [2.75, 3.05) is 0 Å². The van der Waals surface area contributed by atoms with E-state index in [1.165, 1.54) is 5.56 Å². The van der Waals surface area contributed by atoms with E-state index in [2.05, 4.69) is 34.3 Å². The summed E-state index contributed by atoms with van der Waals surface area (Å²) in [6.07, 6.45) is 1.54. The van der Waals surface area contributed by atoms with Gasteiger partial charge in [0.1, 0.15) is 0 Å². The molecule has 0 aliphatic heterocycles. The first-order chi connectivity index (χ1) is 12.0. The molecule has 0 aliphatic rings. The van der Waals surface area contributed by atoms with Crippen LogP contribution in [0.3, 0.4) is 0 Å². The van der Waals surface area contributed by atoms with Gasteiger partial charge in [0, 0.05) is 0 Å². The number of aromatic amines is 1. The summed E-state index contributed by atoms with van der Waals surface area (Å²) in [5.74, 6) is -0.185. The topological polar surface area (TPSA) is 87.2 Å². The van der Waals surface area contributed by atoms with Gasteiger partial charge in [-0.05, 0) is 29.2 Å². The van der Waals surface area contributed by atoms with E-state index in [-0.39, 0.29) is 11.4 Å². The number of fused-ring (bicyclic) bond motifs is 1. The third-order valence-corrected chi connectivity index (χ3v) is 3.81. The van der Waals surface area contributed by atoms with Crippen LogP contribution in [0.2, 0.25) is 0 Å². The highest BCUT2D eigenvalue weighted by atomic mass is 16.2. The molecule has 126 valence electrons. The van der Waals surface area contributed by atoms with Gasteiger partial charge in [-0.15, -0.1) is 0 Å². The fourth-order valence-electron chi connectivity index (χ4n) is 2.38. The minimum atomic E-state index is -0.571. The summed E-state index contributed by atoms with van der Waals surface area (Å²) in [7, 11) is 0. The number of hydrogen-bond donors (Lipinski definition) is 2. The fourth-order valence-corrected chi connectivity index (χ4v) is 2.38. The molecule has 1 aromatic heterocycles. The van der Waals surface area contributed by atoms with Gasteiger partial charge in [-0.3, -0.25) is 9.59 Å². The highest BCUT2D eigenvalue weighted by Crippen LogP contribution is 2.13. The van der Waals surface area contributed by atoms with Gasteiger partial charge >= 0.3 is 5.91 Å². The Morgan fingerprint density at radius 1 is 1.16 bits per heavy atom. The van der Waals surface area contributed by atoms with E-state index >= 15 is 0 Å². The molecule has 0 bridgehead atoms. The summed E-state index contributed by atoms with van der Waals surface area (Å²) in [4.78, 5) is 30.7. The molecule has 3 rings (SSSR count). The van der Waals surface area contributed by atoms with E-state index in [9.17, 15) is 9.59 Å². The Hall–Kier alpha value is -3.28. The second-order valence-electron chi connectivity index (χ2n) is 5.95. The number of carbonyl (C=O) groups is 1. The monoisotopic (exact) mass is 334 g/mol. The van der Waals surface area contributed by atoms with Gasteiger partial charge in [-0.25, -0.2) is 10.4 Å². The fraction of sp³-hybridized carbons (Fsp3) is 0.158. The molecule has 1 heterocycles. The van der Waals surface area contributed by atoms with E-state index in [1.54, 1.807) is 30.5 Å². The predicted molar refractivity (Wildman–Crippen MR) is 98.0 cm³/mol. The van der Waals surface area contributed by atoms with Gasteiger partial charge < -0.3 is 4.98 Å². The minimum absolute atomic E-state index is 0.0731. The zero-order valence-corrected chi connectivity index (χ0v) is 14.0. The van der Waals surface area contributed by atoms with Crippen molar-refractivity contribution in [1.82, 2.24) is 15.4 Å². The van der Waals surface area contributed by atoms with Gasteiger partial charge in [0.2, 0.25) is 5.82 Å². The van der Waals surface area contributed by atoms with Crippen LogP contribution in [0.1, 0.15) is 41.5 Å². The third-order valence-electron chi connectivity index (χ3n) is 3.81. The molecule has 0 saturated heterocycles. The molecule has 2 N–H and O–H groups in total. The molecule has 0 unspecified atom stereocenters. The number of nitrogens with one attached hydrogen (secondary N) is 2. The summed E-state index contributed by atoms with van der Waals surface area (Å²) < 4.78 is 0. The summed E-state index contributed by atoms with van der Waals surface area (Å²) in [6.45, 7) is 4.25. The van der Waals surface area contributed by atoms with Crippen molar-refractivity contribution >= 4 is 23.0 Å². The van der Waals surface area contributed by atoms with Crippen molar-refractivity contribution in [3.8, 4) is 0 Å². The van der Waals surface area contributed by atoms with Crippen molar-refractivity contribution in [2.24, 2.45) is 5.10 Å². The molecule has 0 radical (unpaired) electrons. The molecule has 0 atom stereocenters. The lowest BCUT2D eigenvalue weighted by molar-refractivity contribution is 0.0945. The van der Waals surface area contributed by atoms with Crippen LogP contribution >= 0.6 is 0 Å². The molecule has 3 aromatic rings. The normalized spacial score (nSPS) is 11.3. The third kappa shape index (κ3) is 3.80. The number of carbonyl (C=O) groups excluding carboxylic acids is 1. The molecular weight excluding hydrogens is 316 g/mol. The summed E-state index contributed by atoms with van der Waals surface area (Å²) in [5, 5.41) is 4.35. The maximum atomic E-state index is 12.1. The lowest BCUT2D eigenvalue weighted by Gasteiger charge is -2.04. The Kier molecular flexibility index (Phi) is 4.70. The first kappa shape index (κ1) is 16.6. The first-order valence-corrected chi connectivity index (χ1v) is 7.97. The summed E-state index contributed by atoms with van der Waals surface area (Å²) in [5.41, 5.74) is 4.58. The predicted octanol–water partition coefficient (Wildman–Crippen LogP) is 2.81. The zero-order chi connectivity index (χ0) is 17.8. The molecular formula is C19H18N4O2. The van der Waals surface area contributed by atoms with Crippen molar-refractivity contribution < 1.29 is 4.79 Å². The molecule has 0 fully saturated rings. The quantitative estimate of drug-likeness (QED) is 0.568. The molecule has 0 saturated carbocycles. The first-order valence-electron chi connectivity index (χ1n) is 7.97. The number of amides is 1. The van der Waals surface area contributed by atoms with Gasteiger partial charge in [0.25, 0.3) is 5.56 Å². The second-order valence-corrected chi connectivity index (χ2v) is 5.95. The summed E-state index contributed by atoms with van der Waals surface area (Å²) >= 11 is 0. The van der Waals surface area contributed by atoms with E-state index in [4.69, 9.17) is 0 Å². The number of hydrazone groups is 1. The average Bonchev–Trinajstić information content (AvgIpc) is 2.62. The molecule has 25 heavy (non-hydrogen) atoms. The average molecular weight is 334 g/mol. The molecule has 0 spiro atoms. The van der Waals surface area contributed by atoms with Crippen LogP contribution in [0.4, 0.5) is 0 Å². The smallest absolute Gasteiger partial charge is 0.302 e. The Morgan fingerprint density at radius 2 is 1.88 bits per heavy atom. The van der Waals surface area contributed by atoms with Crippen LogP contribution in [0, 0.1) is 0 Å². The van der Waals surface area contributed by atoms with Gasteiger partial charge in [-0.1, -0.05) is 50.2 Å². The van der Waals surface area contributed by atoms with Crippen LogP contribution < -0.4 is 11.0 Å². The maximum Gasteiger partial charge on any atom is 0.307 e. The van der Waals surface area contributed by atoms with Crippen LogP contribution in [0.5, 0.6) is 0 Å². The Morgan fingerprint density at radius 3 is 2.60 bits per heavy atom. The molecule has 1 amide bonds. The van der Waals surface area contributed by atoms with Gasteiger partial charge in [0.15, 0.2) is 0 Å². The number of benzene rings is 2. The Labute approximate surface area is 144 Å². The van der Waals surface area contributed by atoms with Crippen LogP contribution in [-0.2, 0) is 0 Å². The lowest BCUT2D eigenvalue weighted by Crippen LogP contribution is -2.24. The summed E-state index contributed by atoms with van der Waals surface area (Å²) in [6, 6.07) is 14.8. The zero-order valence-electron chi connectivity index (χ0n) is 14.0. The van der Waals surface area contributed by atoms with E-state index in [1.807, 2.05) is 24.3 Å². The number of rotatable bonds is 4. The number of H-pyrrole nitrogens is 1. The second kappa shape index (κ2) is 7.09. The van der Waals surface area contributed by atoms with E-state index < -0.39 is 5.91 Å². The van der Waals surface area contributed by atoms with Crippen molar-refractivity contribution in [3.63, 3.8) is 0 Å². The maximum absolute atomic E-state index is 12.1. The highest BCUT2D eigenvalue weighted by molar-refractivity contribution is 5.93. The highest BCUT2D eigenvalue weighted by Gasteiger charge is 2.10. The van der Waals surface area contributed by atoms with Crippen molar-refractivity contribution in [2.45, 2.75) is 19.8 Å². The SMILES string of the molecule is CC(C)c1ccc(/C=N/NC(=O)c2nc3ccccc3c(=O)[nH]2)cc1. The number of para-hydroxylation sites is 1. The molecule has 2 aromatic carbocycles. The van der Waals surface area contributed by atoms with E-state index in [0.717, 1.165) is 5.56 Å². The van der Waals surface area contributed by atoms with Crippen LogP contribution in [-0.4, -0.2) is 22.1 Å². The molecule has 0 aliphatic carbocycles. The Balaban J connectivity index is 1.73. The number of nitrogens with zero attached hydrogens (tertiary/aromatic N) is 2. The standard InChI is InChI=1S/C19H18N4O2/c1-12(2)14-9-7-13(8-10-14)11-20-23-19(25)17-21-16-6-4-3-5-15(16)18(24)22-17/h3-12H,1-2H3,(H,23,25)(H,21,22,24)/b20-11+. The number of hydrogen-bond acceptors (Lipinski definition) is 4. The van der Waals surface area contributed by atoms with Gasteiger partial charge in [0.05, 0.1) is 17.1 Å². The number of aromatic nitrogens is 2.